The largest absolute Gasteiger partial charge is 0.314 e. The number of aromatic nitrogens is 2. The molecule has 0 bridgehead atoms. The van der Waals surface area contributed by atoms with Crippen molar-refractivity contribution in [1.29, 1.82) is 0 Å². The fourth-order valence-corrected chi connectivity index (χ4v) is 1.44. The van der Waals surface area contributed by atoms with Crippen molar-refractivity contribution >= 4 is 0 Å². The van der Waals surface area contributed by atoms with Crippen molar-refractivity contribution in [2.24, 2.45) is 0 Å². The molecule has 0 aromatic carbocycles. The summed E-state index contributed by atoms with van der Waals surface area (Å²) in [6.07, 6.45) is 1.87. The predicted molar refractivity (Wildman–Crippen MR) is 46.9 cm³/mol. The fraction of sp³-hybridized carbons (Fsp3) is 0.625. The van der Waals surface area contributed by atoms with Crippen LogP contribution in [0.15, 0.2) is 12.3 Å². The van der Waals surface area contributed by atoms with Gasteiger partial charge in [-0.25, -0.2) is 0 Å². The molecule has 0 amide bonds. The van der Waals surface area contributed by atoms with Crippen molar-refractivity contribution in [2.45, 2.75) is 12.6 Å². The molecular weight excluding hydrogens is 152 g/mol. The van der Waals surface area contributed by atoms with Gasteiger partial charge >= 0.3 is 0 Å². The van der Waals surface area contributed by atoms with Gasteiger partial charge in [0.15, 0.2) is 0 Å². The monoisotopic (exact) mass is 166 g/mol. The van der Waals surface area contributed by atoms with E-state index in [1.54, 1.807) is 0 Å². The number of rotatable bonds is 3. The molecule has 4 nitrogen and oxygen atoms in total. The minimum atomic E-state index is 0.573. The first kappa shape index (κ1) is 7.76. The van der Waals surface area contributed by atoms with E-state index in [4.69, 9.17) is 0 Å². The maximum absolute atomic E-state index is 4.29. The number of nitrogens with zero attached hydrogens (tertiary/aromatic N) is 2. The van der Waals surface area contributed by atoms with Gasteiger partial charge in [0, 0.05) is 25.8 Å². The highest BCUT2D eigenvalue weighted by Gasteiger charge is 2.20. The molecule has 1 saturated heterocycles. The van der Waals surface area contributed by atoms with Crippen molar-refractivity contribution in [2.75, 3.05) is 20.1 Å². The first-order chi connectivity index (χ1) is 5.92. The molecule has 0 radical (unpaired) electrons. The zero-order valence-electron chi connectivity index (χ0n) is 7.25. The molecule has 66 valence electrons. The summed E-state index contributed by atoms with van der Waals surface area (Å²) in [5, 5.41) is 10.7. The second-order valence-corrected chi connectivity index (χ2v) is 3.11. The van der Waals surface area contributed by atoms with Crippen LogP contribution in [-0.4, -0.2) is 29.9 Å². The molecule has 2 rings (SSSR count). The summed E-state index contributed by atoms with van der Waals surface area (Å²) >= 11 is 0. The van der Waals surface area contributed by atoms with Crippen LogP contribution < -0.4 is 10.6 Å². The number of nitrogens with one attached hydrogen (secondary N) is 2. The van der Waals surface area contributed by atoms with E-state index in [9.17, 15) is 0 Å². The molecule has 1 fully saturated rings. The van der Waals surface area contributed by atoms with Gasteiger partial charge in [0.25, 0.3) is 0 Å². The van der Waals surface area contributed by atoms with E-state index < -0.39 is 0 Å². The second-order valence-electron chi connectivity index (χ2n) is 3.11. The Balaban J connectivity index is 2.12. The molecule has 1 aliphatic heterocycles. The lowest BCUT2D eigenvalue weighted by Gasteiger charge is -2.28. The lowest BCUT2D eigenvalue weighted by atomic mass is 10.2. The van der Waals surface area contributed by atoms with Crippen LogP contribution in [0.2, 0.25) is 0 Å². The first-order valence-electron chi connectivity index (χ1n) is 4.29. The van der Waals surface area contributed by atoms with E-state index in [1.807, 2.05) is 13.2 Å². The van der Waals surface area contributed by atoms with Crippen molar-refractivity contribution < 1.29 is 0 Å². The Labute approximate surface area is 72.0 Å². The minimum Gasteiger partial charge on any atom is -0.314 e. The summed E-state index contributed by atoms with van der Waals surface area (Å²) in [7, 11) is 1.95. The maximum atomic E-state index is 4.29. The summed E-state index contributed by atoms with van der Waals surface area (Å²) in [5.41, 5.74) is 1.27. The molecule has 0 atom stereocenters. The molecule has 1 aromatic heterocycles. The van der Waals surface area contributed by atoms with Gasteiger partial charge in [0.05, 0.1) is 11.7 Å². The van der Waals surface area contributed by atoms with Gasteiger partial charge in [0.1, 0.15) is 0 Å². The Morgan fingerprint density at radius 2 is 2.58 bits per heavy atom. The van der Waals surface area contributed by atoms with Crippen LogP contribution in [0.1, 0.15) is 11.7 Å². The molecule has 1 aromatic rings. The Morgan fingerprint density at radius 1 is 1.75 bits per heavy atom. The van der Waals surface area contributed by atoms with Crippen molar-refractivity contribution in [3.8, 4) is 0 Å². The zero-order valence-corrected chi connectivity index (χ0v) is 7.25. The van der Waals surface area contributed by atoms with Crippen LogP contribution in [0, 0.1) is 0 Å². The smallest absolute Gasteiger partial charge is 0.0771 e. The molecule has 1 aliphatic rings. The molecule has 0 aliphatic carbocycles. The van der Waals surface area contributed by atoms with E-state index in [0.29, 0.717) is 6.04 Å². The van der Waals surface area contributed by atoms with Gasteiger partial charge in [-0.3, -0.25) is 4.68 Å². The summed E-state index contributed by atoms with van der Waals surface area (Å²) in [6, 6.07) is 2.64. The third-order valence-corrected chi connectivity index (χ3v) is 2.22. The molecular formula is C8H14N4. The highest BCUT2D eigenvalue weighted by molar-refractivity contribution is 5.03. The second kappa shape index (κ2) is 3.25. The Kier molecular flexibility index (Phi) is 2.10. The summed E-state index contributed by atoms with van der Waals surface area (Å²) in [5.74, 6) is 0. The van der Waals surface area contributed by atoms with Gasteiger partial charge in [-0.1, -0.05) is 0 Å². The Hall–Kier alpha value is -0.870. The van der Waals surface area contributed by atoms with Crippen molar-refractivity contribution in [3.05, 3.63) is 18.0 Å². The van der Waals surface area contributed by atoms with Gasteiger partial charge < -0.3 is 10.6 Å². The van der Waals surface area contributed by atoms with E-state index in [-0.39, 0.29) is 0 Å². The SMILES string of the molecule is CNCc1ccnn1C1CNC1. The number of hydrogen-bond acceptors (Lipinski definition) is 3. The standard InChI is InChI=1S/C8H14N4/c1-9-4-7-2-3-11-12(7)8-5-10-6-8/h2-3,8-10H,4-6H2,1H3. The van der Waals surface area contributed by atoms with E-state index >= 15 is 0 Å². The Bertz CT molecular complexity index is 251. The molecule has 0 spiro atoms. The maximum Gasteiger partial charge on any atom is 0.0771 e. The summed E-state index contributed by atoms with van der Waals surface area (Å²) in [4.78, 5) is 0. The van der Waals surface area contributed by atoms with Crippen LogP contribution in [0.3, 0.4) is 0 Å². The summed E-state index contributed by atoms with van der Waals surface area (Å²) in [6.45, 7) is 3.01. The highest BCUT2D eigenvalue weighted by atomic mass is 15.3. The first-order valence-corrected chi connectivity index (χ1v) is 4.29. The van der Waals surface area contributed by atoms with E-state index in [1.165, 1.54) is 5.69 Å². The lowest BCUT2D eigenvalue weighted by molar-refractivity contribution is 0.309. The highest BCUT2D eigenvalue weighted by Crippen LogP contribution is 2.12. The van der Waals surface area contributed by atoms with Gasteiger partial charge in [0.2, 0.25) is 0 Å². The predicted octanol–water partition coefficient (Wildman–Crippen LogP) is -0.253. The molecule has 0 unspecified atom stereocenters. The molecule has 12 heavy (non-hydrogen) atoms. The average Bonchev–Trinajstić information content (AvgIpc) is 2.35. The van der Waals surface area contributed by atoms with Crippen LogP contribution in [0.5, 0.6) is 0 Å². The van der Waals surface area contributed by atoms with Crippen LogP contribution >= 0.6 is 0 Å². The zero-order chi connectivity index (χ0) is 8.39. The van der Waals surface area contributed by atoms with Crippen LogP contribution in [0.4, 0.5) is 0 Å². The molecule has 2 heterocycles. The van der Waals surface area contributed by atoms with E-state index in [2.05, 4.69) is 26.5 Å². The quantitative estimate of drug-likeness (QED) is 0.650. The minimum absolute atomic E-state index is 0.573. The number of hydrogen-bond donors (Lipinski definition) is 2. The fourth-order valence-electron chi connectivity index (χ4n) is 1.44. The van der Waals surface area contributed by atoms with Crippen molar-refractivity contribution in [1.82, 2.24) is 20.4 Å². The van der Waals surface area contributed by atoms with Crippen LogP contribution in [0.25, 0.3) is 0 Å². The topological polar surface area (TPSA) is 41.9 Å². The molecule has 2 N–H and O–H groups in total. The molecule has 4 heteroatoms. The Morgan fingerprint density at radius 3 is 3.17 bits per heavy atom. The average molecular weight is 166 g/mol. The summed E-state index contributed by atoms with van der Waals surface area (Å²) < 4.78 is 2.10. The van der Waals surface area contributed by atoms with Crippen molar-refractivity contribution in [3.63, 3.8) is 0 Å². The van der Waals surface area contributed by atoms with Gasteiger partial charge in [-0.15, -0.1) is 0 Å². The lowest BCUT2D eigenvalue weighted by Crippen LogP contribution is -2.44. The van der Waals surface area contributed by atoms with Gasteiger partial charge in [-0.05, 0) is 13.1 Å². The molecule has 0 saturated carbocycles. The third-order valence-electron chi connectivity index (χ3n) is 2.22. The third kappa shape index (κ3) is 1.23. The van der Waals surface area contributed by atoms with Gasteiger partial charge in [-0.2, -0.15) is 5.10 Å². The normalized spacial score (nSPS) is 17.8. The van der Waals surface area contributed by atoms with Crippen LogP contribution in [-0.2, 0) is 6.54 Å². The van der Waals surface area contributed by atoms with E-state index in [0.717, 1.165) is 19.6 Å².